The summed E-state index contributed by atoms with van der Waals surface area (Å²) in [5.41, 5.74) is -4.12. The van der Waals surface area contributed by atoms with Gasteiger partial charge in [0.15, 0.2) is 18.0 Å². The number of ether oxygens (including phenoxy) is 1. The Labute approximate surface area is 119 Å². The summed E-state index contributed by atoms with van der Waals surface area (Å²) >= 11 is 1.61. The van der Waals surface area contributed by atoms with Crippen molar-refractivity contribution in [3.05, 3.63) is 33.1 Å². The number of hydrogen-bond acceptors (Lipinski definition) is 4. The lowest BCUT2D eigenvalue weighted by atomic mass is 9.98. The van der Waals surface area contributed by atoms with Crippen molar-refractivity contribution in [1.82, 2.24) is 9.55 Å². The number of rotatable bonds is 2. The van der Waals surface area contributed by atoms with Gasteiger partial charge in [0.1, 0.15) is 0 Å². The number of nitrogens with one attached hydrogen (secondary N) is 1. The molecule has 1 aliphatic heterocycles. The third-order valence-corrected chi connectivity index (χ3v) is 4.06. The lowest BCUT2D eigenvalue weighted by Crippen LogP contribution is -2.46. The Morgan fingerprint density at radius 3 is 2.68 bits per heavy atom. The Hall–Kier alpha value is -0.810. The van der Waals surface area contributed by atoms with Crippen LogP contribution in [0.2, 0.25) is 0 Å². The van der Waals surface area contributed by atoms with E-state index in [-0.39, 0.29) is 4.43 Å². The first-order chi connectivity index (χ1) is 8.72. The SMILES string of the molecule is C[C@]1(F)C(n2ccc(=O)[nH]c2=O)O[C@](F)(CI)[C@H]1O. The van der Waals surface area contributed by atoms with Gasteiger partial charge in [0, 0.05) is 12.3 Å². The summed E-state index contributed by atoms with van der Waals surface area (Å²) in [6, 6.07) is 0.982. The fourth-order valence-electron chi connectivity index (χ4n) is 1.97. The molecule has 9 heteroatoms. The second-order valence-electron chi connectivity index (χ2n) is 4.46. The Bertz CT molecular complexity index is 602. The molecule has 0 amide bonds. The van der Waals surface area contributed by atoms with Crippen molar-refractivity contribution in [3.63, 3.8) is 0 Å². The highest BCUT2D eigenvalue weighted by molar-refractivity contribution is 14.1. The molecule has 1 fully saturated rings. The molecule has 106 valence electrons. The van der Waals surface area contributed by atoms with Crippen LogP contribution in [0.5, 0.6) is 0 Å². The number of aromatic amines is 1. The molecule has 0 aromatic carbocycles. The molecule has 1 aliphatic rings. The molecule has 0 spiro atoms. The minimum atomic E-state index is -2.59. The van der Waals surface area contributed by atoms with Crippen LogP contribution in [-0.4, -0.2) is 36.7 Å². The van der Waals surface area contributed by atoms with E-state index in [1.54, 1.807) is 22.6 Å². The largest absolute Gasteiger partial charge is 0.384 e. The Balaban J connectivity index is 2.51. The predicted octanol–water partition coefficient (Wildman–Crippen LogP) is 0.255. The maximum Gasteiger partial charge on any atom is 0.330 e. The Kier molecular flexibility index (Phi) is 3.56. The van der Waals surface area contributed by atoms with Crippen molar-refractivity contribution < 1.29 is 18.6 Å². The van der Waals surface area contributed by atoms with Crippen molar-refractivity contribution in [2.75, 3.05) is 4.43 Å². The number of aliphatic hydroxyl groups excluding tert-OH is 1. The van der Waals surface area contributed by atoms with Crippen LogP contribution >= 0.6 is 22.6 Å². The van der Waals surface area contributed by atoms with E-state index in [9.17, 15) is 23.5 Å². The first-order valence-corrected chi connectivity index (χ1v) is 6.86. The standard InChI is InChI=1S/C10H11F2IN2O4/c1-9(11)6(17)10(12,4-13)19-7(9)15-3-2-5(16)14-8(15)18/h2-3,6-7,17H,4H2,1H3,(H,14,16,18)/t6-,7?,9+,10+/m0/s1. The van der Waals surface area contributed by atoms with Gasteiger partial charge in [0.25, 0.3) is 5.56 Å². The molecule has 1 aromatic heterocycles. The van der Waals surface area contributed by atoms with E-state index in [1.165, 1.54) is 0 Å². The second kappa shape index (κ2) is 4.63. The number of aromatic nitrogens is 2. The average molecular weight is 388 g/mol. The van der Waals surface area contributed by atoms with Gasteiger partial charge in [-0.05, 0) is 6.92 Å². The summed E-state index contributed by atoms with van der Waals surface area (Å²) in [7, 11) is 0. The molecule has 0 aliphatic carbocycles. The molecule has 19 heavy (non-hydrogen) atoms. The van der Waals surface area contributed by atoms with Crippen LogP contribution in [0, 0.1) is 0 Å². The molecule has 1 unspecified atom stereocenters. The van der Waals surface area contributed by atoms with Crippen LogP contribution in [0.4, 0.5) is 8.78 Å². The maximum absolute atomic E-state index is 14.4. The number of alkyl halides is 3. The molecule has 6 nitrogen and oxygen atoms in total. The zero-order valence-electron chi connectivity index (χ0n) is 9.77. The van der Waals surface area contributed by atoms with Gasteiger partial charge >= 0.3 is 5.69 Å². The van der Waals surface area contributed by atoms with E-state index >= 15 is 0 Å². The van der Waals surface area contributed by atoms with Gasteiger partial charge in [-0.1, -0.05) is 22.6 Å². The predicted molar refractivity (Wildman–Crippen MR) is 69.7 cm³/mol. The zero-order chi connectivity index (χ0) is 14.4. The van der Waals surface area contributed by atoms with Gasteiger partial charge in [-0.2, -0.15) is 0 Å². The first-order valence-electron chi connectivity index (χ1n) is 5.33. The summed E-state index contributed by atoms with van der Waals surface area (Å²) < 4.78 is 33.9. The van der Waals surface area contributed by atoms with Crippen LogP contribution < -0.4 is 11.2 Å². The lowest BCUT2D eigenvalue weighted by molar-refractivity contribution is -0.169. The summed E-state index contributed by atoms with van der Waals surface area (Å²) in [5.74, 6) is -2.59. The highest BCUT2D eigenvalue weighted by atomic mass is 127. The highest BCUT2D eigenvalue weighted by Crippen LogP contribution is 2.47. The lowest BCUT2D eigenvalue weighted by Gasteiger charge is -2.24. The van der Waals surface area contributed by atoms with Crippen molar-refractivity contribution in [2.24, 2.45) is 0 Å². The van der Waals surface area contributed by atoms with Crippen molar-refractivity contribution in [2.45, 2.75) is 30.8 Å². The third kappa shape index (κ3) is 2.23. The van der Waals surface area contributed by atoms with Crippen molar-refractivity contribution in [3.8, 4) is 0 Å². The van der Waals surface area contributed by atoms with Crippen LogP contribution in [-0.2, 0) is 4.74 Å². The molecular weight excluding hydrogens is 377 g/mol. The minimum Gasteiger partial charge on any atom is -0.384 e. The molecule has 0 saturated carbocycles. The topological polar surface area (TPSA) is 84.3 Å². The van der Waals surface area contributed by atoms with Gasteiger partial charge in [-0.25, -0.2) is 13.6 Å². The monoisotopic (exact) mass is 388 g/mol. The average Bonchev–Trinajstić information content (AvgIpc) is 2.51. The smallest absolute Gasteiger partial charge is 0.330 e. The van der Waals surface area contributed by atoms with Gasteiger partial charge in [-0.3, -0.25) is 14.3 Å². The summed E-state index contributed by atoms with van der Waals surface area (Å²) in [5, 5.41) is 9.69. The fourth-order valence-corrected chi connectivity index (χ4v) is 2.56. The van der Waals surface area contributed by atoms with E-state index < -0.39 is 35.1 Å². The van der Waals surface area contributed by atoms with Gasteiger partial charge in [0.2, 0.25) is 5.85 Å². The van der Waals surface area contributed by atoms with E-state index in [0.717, 1.165) is 19.2 Å². The number of hydrogen-bond donors (Lipinski definition) is 2. The maximum atomic E-state index is 14.4. The molecule has 4 atom stereocenters. The summed E-state index contributed by atoms with van der Waals surface area (Å²) in [6.45, 7) is 0.938. The number of halogens is 3. The Morgan fingerprint density at radius 2 is 2.21 bits per heavy atom. The van der Waals surface area contributed by atoms with Crippen LogP contribution in [0.3, 0.4) is 0 Å². The Morgan fingerprint density at radius 1 is 1.58 bits per heavy atom. The molecule has 1 aromatic rings. The van der Waals surface area contributed by atoms with E-state index in [4.69, 9.17) is 4.74 Å². The number of aliphatic hydroxyl groups is 1. The molecule has 0 bridgehead atoms. The van der Waals surface area contributed by atoms with E-state index in [2.05, 4.69) is 0 Å². The summed E-state index contributed by atoms with van der Waals surface area (Å²) in [6.07, 6.45) is -2.71. The third-order valence-electron chi connectivity index (χ3n) is 3.02. The van der Waals surface area contributed by atoms with Crippen LogP contribution in [0.1, 0.15) is 13.2 Å². The van der Waals surface area contributed by atoms with Crippen LogP contribution in [0.15, 0.2) is 21.9 Å². The van der Waals surface area contributed by atoms with Crippen molar-refractivity contribution in [1.29, 1.82) is 0 Å². The quantitative estimate of drug-likeness (QED) is 0.563. The molecule has 2 heterocycles. The zero-order valence-corrected chi connectivity index (χ0v) is 11.9. The normalized spacial score (nSPS) is 38.6. The summed E-state index contributed by atoms with van der Waals surface area (Å²) in [4.78, 5) is 24.4. The second-order valence-corrected chi connectivity index (χ2v) is 5.22. The number of H-pyrrole nitrogens is 1. The fraction of sp³-hybridized carbons (Fsp3) is 0.600. The minimum absolute atomic E-state index is 0.306. The molecule has 1 saturated heterocycles. The first kappa shape index (κ1) is 14.6. The molecule has 0 radical (unpaired) electrons. The molecular formula is C10H11F2IN2O4. The van der Waals surface area contributed by atoms with Crippen LogP contribution in [0.25, 0.3) is 0 Å². The number of nitrogens with zero attached hydrogens (tertiary/aromatic N) is 1. The van der Waals surface area contributed by atoms with Gasteiger partial charge in [0.05, 0.1) is 4.43 Å². The van der Waals surface area contributed by atoms with E-state index in [1.807, 2.05) is 4.98 Å². The highest BCUT2D eigenvalue weighted by Gasteiger charge is 2.63. The van der Waals surface area contributed by atoms with Gasteiger partial charge in [-0.15, -0.1) is 0 Å². The van der Waals surface area contributed by atoms with E-state index in [0.29, 0.717) is 4.57 Å². The molecule has 2 rings (SSSR count). The van der Waals surface area contributed by atoms with Crippen molar-refractivity contribution >= 4 is 22.6 Å². The molecule has 2 N–H and O–H groups in total. The van der Waals surface area contributed by atoms with Gasteiger partial charge < -0.3 is 9.84 Å².